The second-order valence-corrected chi connectivity index (χ2v) is 6.52. The Bertz CT molecular complexity index is 1190. The zero-order chi connectivity index (χ0) is 21.3. The number of aromatic nitrogens is 5. The molecule has 4 aromatic rings. The fourth-order valence-corrected chi connectivity index (χ4v) is 2.89. The zero-order valence-electron chi connectivity index (χ0n) is 15.9. The van der Waals surface area contributed by atoms with E-state index in [-0.39, 0.29) is 5.56 Å². The minimum atomic E-state index is -4.61. The number of nitrogens with two attached hydrogens (primary N) is 1. The Hall–Kier alpha value is -3.69. The summed E-state index contributed by atoms with van der Waals surface area (Å²) >= 11 is 0. The summed E-state index contributed by atoms with van der Waals surface area (Å²) in [6, 6.07) is 7.99. The van der Waals surface area contributed by atoms with Gasteiger partial charge in [0.1, 0.15) is 5.82 Å². The summed E-state index contributed by atoms with van der Waals surface area (Å²) in [6.45, 7) is 2.58. The number of ether oxygens (including phenoxy) is 1. The first-order chi connectivity index (χ1) is 14.4. The van der Waals surface area contributed by atoms with Gasteiger partial charge in [-0.25, -0.2) is 19.5 Å². The Morgan fingerprint density at radius 3 is 2.50 bits per heavy atom. The van der Waals surface area contributed by atoms with Crippen LogP contribution in [0.5, 0.6) is 5.88 Å². The minimum Gasteiger partial charge on any atom is -0.478 e. The summed E-state index contributed by atoms with van der Waals surface area (Å²) < 4.78 is 46.5. The van der Waals surface area contributed by atoms with Gasteiger partial charge >= 0.3 is 6.18 Å². The predicted octanol–water partition coefficient (Wildman–Crippen LogP) is 4.24. The molecule has 0 unspecified atom stereocenters. The average Bonchev–Trinajstić information content (AvgIpc) is 3.15. The van der Waals surface area contributed by atoms with E-state index in [1.165, 1.54) is 16.9 Å². The molecule has 0 radical (unpaired) electrons. The number of pyridine rings is 2. The van der Waals surface area contributed by atoms with Crippen molar-refractivity contribution >= 4 is 11.5 Å². The number of hydrogen-bond acceptors (Lipinski definition) is 6. The van der Waals surface area contributed by atoms with Gasteiger partial charge in [-0.2, -0.15) is 18.3 Å². The average molecular weight is 414 g/mol. The van der Waals surface area contributed by atoms with E-state index in [1.807, 2.05) is 13.0 Å². The molecule has 0 aliphatic carbocycles. The molecule has 0 saturated carbocycles. The number of anilines is 1. The van der Waals surface area contributed by atoms with Crippen LogP contribution < -0.4 is 10.5 Å². The van der Waals surface area contributed by atoms with Crippen molar-refractivity contribution in [3.05, 3.63) is 54.5 Å². The number of fused-ring (bicyclic) bond motifs is 1. The van der Waals surface area contributed by atoms with Crippen molar-refractivity contribution in [3.63, 3.8) is 0 Å². The van der Waals surface area contributed by atoms with Crippen molar-refractivity contribution in [1.82, 2.24) is 24.6 Å². The first-order valence-corrected chi connectivity index (χ1v) is 9.14. The number of alkyl halides is 3. The van der Waals surface area contributed by atoms with Gasteiger partial charge in [0.2, 0.25) is 5.88 Å². The number of imidazole rings is 1. The lowest BCUT2D eigenvalue weighted by molar-refractivity contribution is -0.137. The fourth-order valence-electron chi connectivity index (χ4n) is 2.89. The smallest absolute Gasteiger partial charge is 0.419 e. The van der Waals surface area contributed by atoms with Crippen LogP contribution >= 0.6 is 0 Å². The number of rotatable bonds is 5. The molecule has 7 nitrogen and oxygen atoms in total. The summed E-state index contributed by atoms with van der Waals surface area (Å²) in [4.78, 5) is 12.2. The van der Waals surface area contributed by atoms with Gasteiger partial charge in [0.15, 0.2) is 5.65 Å². The molecule has 4 heterocycles. The van der Waals surface area contributed by atoms with Gasteiger partial charge in [-0.15, -0.1) is 0 Å². The van der Waals surface area contributed by atoms with Gasteiger partial charge in [-0.1, -0.05) is 6.92 Å². The second kappa shape index (κ2) is 7.62. The summed E-state index contributed by atoms with van der Waals surface area (Å²) in [5.74, 6) is -0.0669. The van der Waals surface area contributed by atoms with Crippen molar-refractivity contribution in [2.75, 3.05) is 12.3 Å². The molecular weight excluding hydrogens is 397 g/mol. The Morgan fingerprint density at radius 1 is 1.00 bits per heavy atom. The largest absolute Gasteiger partial charge is 0.478 e. The molecule has 0 bridgehead atoms. The van der Waals surface area contributed by atoms with Gasteiger partial charge in [0.05, 0.1) is 29.8 Å². The van der Waals surface area contributed by atoms with Crippen LogP contribution in [0.25, 0.3) is 28.2 Å². The van der Waals surface area contributed by atoms with Gasteiger partial charge < -0.3 is 10.5 Å². The summed E-state index contributed by atoms with van der Waals surface area (Å²) in [5.41, 5.74) is 6.75. The van der Waals surface area contributed by atoms with Crippen molar-refractivity contribution < 1.29 is 17.9 Å². The molecule has 0 aliphatic heterocycles. The van der Waals surface area contributed by atoms with E-state index < -0.39 is 17.6 Å². The van der Waals surface area contributed by atoms with Crippen LogP contribution in [0.4, 0.5) is 19.0 Å². The third-order valence-corrected chi connectivity index (χ3v) is 4.37. The van der Waals surface area contributed by atoms with Crippen LogP contribution in [0.15, 0.2) is 48.9 Å². The standard InChI is InChI=1S/C20H17F3N6O/c1-2-7-30-18-6-3-12(9-26-18)15-4-5-17-25-11-16(29(17)28-15)13-8-14(20(21,22)23)19(24)27-10-13/h3-6,8-11H,2,7H2,1H3,(H2,24,27). The van der Waals surface area contributed by atoms with Crippen LogP contribution in [-0.4, -0.2) is 31.2 Å². The maximum atomic E-state index is 13.2. The molecule has 10 heteroatoms. The molecule has 0 aromatic carbocycles. The van der Waals surface area contributed by atoms with E-state index in [2.05, 4.69) is 20.1 Å². The molecule has 30 heavy (non-hydrogen) atoms. The summed E-state index contributed by atoms with van der Waals surface area (Å²) in [5, 5.41) is 4.52. The van der Waals surface area contributed by atoms with E-state index in [0.717, 1.165) is 18.1 Å². The van der Waals surface area contributed by atoms with Crippen LogP contribution in [-0.2, 0) is 6.18 Å². The lowest BCUT2D eigenvalue weighted by Gasteiger charge is -2.11. The van der Waals surface area contributed by atoms with Gasteiger partial charge in [0, 0.05) is 29.6 Å². The lowest BCUT2D eigenvalue weighted by Crippen LogP contribution is -2.10. The number of halogens is 3. The van der Waals surface area contributed by atoms with E-state index in [9.17, 15) is 13.2 Å². The molecule has 2 N–H and O–H groups in total. The first kappa shape index (κ1) is 19.6. The molecule has 0 fully saturated rings. The topological polar surface area (TPSA) is 91.2 Å². The predicted molar refractivity (Wildman–Crippen MR) is 105 cm³/mol. The molecule has 0 atom stereocenters. The molecule has 0 amide bonds. The van der Waals surface area contributed by atoms with Crippen molar-refractivity contribution in [3.8, 4) is 28.4 Å². The third kappa shape index (κ3) is 3.76. The molecule has 0 aliphatic rings. The molecule has 154 valence electrons. The maximum Gasteiger partial charge on any atom is 0.419 e. The third-order valence-electron chi connectivity index (χ3n) is 4.37. The second-order valence-electron chi connectivity index (χ2n) is 6.52. The summed E-state index contributed by atoms with van der Waals surface area (Å²) in [6.07, 6.45) is 0.603. The number of nitrogens with zero attached hydrogens (tertiary/aromatic N) is 5. The lowest BCUT2D eigenvalue weighted by atomic mass is 10.1. The molecule has 4 rings (SSSR count). The quantitative estimate of drug-likeness (QED) is 0.525. The molecule has 4 aromatic heterocycles. The zero-order valence-corrected chi connectivity index (χ0v) is 15.9. The van der Waals surface area contributed by atoms with Crippen LogP contribution in [0, 0.1) is 0 Å². The SMILES string of the molecule is CCCOc1ccc(-c2ccc3ncc(-c4cnc(N)c(C(F)(F)F)c4)n3n2)cn1. The van der Waals surface area contributed by atoms with E-state index in [4.69, 9.17) is 10.5 Å². The number of hydrogen-bond donors (Lipinski definition) is 1. The minimum absolute atomic E-state index is 0.204. The van der Waals surface area contributed by atoms with E-state index in [0.29, 0.717) is 29.5 Å². The Labute approximate surface area is 169 Å². The van der Waals surface area contributed by atoms with Crippen LogP contribution in [0.2, 0.25) is 0 Å². The Balaban J connectivity index is 1.74. The van der Waals surface area contributed by atoms with Gasteiger partial charge in [-0.05, 0) is 30.7 Å². The Kier molecular flexibility index (Phi) is 4.98. The van der Waals surface area contributed by atoms with E-state index in [1.54, 1.807) is 24.4 Å². The highest BCUT2D eigenvalue weighted by Crippen LogP contribution is 2.35. The monoisotopic (exact) mass is 414 g/mol. The molecular formula is C20H17F3N6O. The van der Waals surface area contributed by atoms with Gasteiger partial charge in [0.25, 0.3) is 0 Å². The molecule has 0 saturated heterocycles. The van der Waals surface area contributed by atoms with Crippen LogP contribution in [0.1, 0.15) is 18.9 Å². The normalized spacial score (nSPS) is 11.7. The van der Waals surface area contributed by atoms with Crippen molar-refractivity contribution in [2.45, 2.75) is 19.5 Å². The number of nitrogen functional groups attached to an aromatic ring is 1. The van der Waals surface area contributed by atoms with Crippen molar-refractivity contribution in [1.29, 1.82) is 0 Å². The fraction of sp³-hybridized carbons (Fsp3) is 0.200. The Morgan fingerprint density at radius 2 is 1.80 bits per heavy atom. The highest BCUT2D eigenvalue weighted by molar-refractivity contribution is 5.67. The van der Waals surface area contributed by atoms with Crippen molar-refractivity contribution in [2.24, 2.45) is 0 Å². The highest BCUT2D eigenvalue weighted by Gasteiger charge is 2.34. The highest BCUT2D eigenvalue weighted by atomic mass is 19.4. The maximum absolute atomic E-state index is 13.2. The molecule has 0 spiro atoms. The summed E-state index contributed by atoms with van der Waals surface area (Å²) in [7, 11) is 0. The first-order valence-electron chi connectivity index (χ1n) is 9.14. The van der Waals surface area contributed by atoms with Crippen LogP contribution in [0.3, 0.4) is 0 Å². The van der Waals surface area contributed by atoms with Gasteiger partial charge in [-0.3, -0.25) is 0 Å². The van der Waals surface area contributed by atoms with E-state index >= 15 is 0 Å².